The summed E-state index contributed by atoms with van der Waals surface area (Å²) in [6.45, 7) is 5.98. The van der Waals surface area contributed by atoms with Crippen LogP contribution in [0.2, 0.25) is 0 Å². The molecular weight excluding hydrogens is 136 g/mol. The molecule has 3 aliphatic rings. The van der Waals surface area contributed by atoms with Gasteiger partial charge in [-0.1, -0.05) is 0 Å². The van der Waals surface area contributed by atoms with E-state index in [1.807, 2.05) is 0 Å². The van der Waals surface area contributed by atoms with Gasteiger partial charge in [-0.3, -0.25) is 0 Å². The number of hydrogen-bond acceptors (Lipinski definition) is 2. The van der Waals surface area contributed by atoms with Crippen LogP contribution in [0.1, 0.15) is 26.7 Å². The van der Waals surface area contributed by atoms with Gasteiger partial charge in [0.25, 0.3) is 0 Å². The standard InChI is InChI=1S/C9H18N2/c1-7-4-9-5-8(2)11(7)10(3)6-9/h7-9H,4-6H2,1-3H3. The number of hydrogen-bond donors (Lipinski definition) is 0. The third-order valence-corrected chi connectivity index (χ3v) is 3.17. The van der Waals surface area contributed by atoms with Crippen LogP contribution in [0.25, 0.3) is 0 Å². The molecule has 2 atom stereocenters. The molecular formula is C9H18N2. The number of fused-ring (bicyclic) bond motifs is 3. The van der Waals surface area contributed by atoms with E-state index in [9.17, 15) is 0 Å². The predicted molar refractivity (Wildman–Crippen MR) is 46.1 cm³/mol. The molecule has 2 nitrogen and oxygen atoms in total. The summed E-state index contributed by atoms with van der Waals surface area (Å²) in [5, 5.41) is 4.95. The third kappa shape index (κ3) is 1.09. The predicted octanol–water partition coefficient (Wildman–Crippen LogP) is 1.34. The molecule has 0 aromatic carbocycles. The Hall–Kier alpha value is -0.0800. The van der Waals surface area contributed by atoms with Crippen molar-refractivity contribution in [2.75, 3.05) is 13.6 Å². The quantitative estimate of drug-likeness (QED) is 0.519. The maximum atomic E-state index is 2.54. The molecule has 0 aromatic rings. The normalized spacial score (nSPS) is 51.5. The van der Waals surface area contributed by atoms with Gasteiger partial charge in [-0.15, -0.1) is 0 Å². The minimum absolute atomic E-state index is 0.780. The van der Waals surface area contributed by atoms with Crippen molar-refractivity contribution in [3.63, 3.8) is 0 Å². The maximum Gasteiger partial charge on any atom is 0.0223 e. The van der Waals surface area contributed by atoms with Gasteiger partial charge in [0, 0.05) is 25.7 Å². The van der Waals surface area contributed by atoms with Crippen LogP contribution >= 0.6 is 0 Å². The van der Waals surface area contributed by atoms with E-state index in [-0.39, 0.29) is 0 Å². The van der Waals surface area contributed by atoms with Crippen LogP contribution in [-0.2, 0) is 0 Å². The maximum absolute atomic E-state index is 2.54. The smallest absolute Gasteiger partial charge is 0.0223 e. The summed E-state index contributed by atoms with van der Waals surface area (Å²) in [5.41, 5.74) is 0. The Balaban J connectivity index is 2.16. The van der Waals surface area contributed by atoms with Crippen molar-refractivity contribution in [1.82, 2.24) is 10.0 Å². The van der Waals surface area contributed by atoms with Crippen LogP contribution in [0.4, 0.5) is 0 Å². The van der Waals surface area contributed by atoms with E-state index in [0.29, 0.717) is 0 Å². The van der Waals surface area contributed by atoms with Crippen LogP contribution in [0.5, 0.6) is 0 Å². The molecule has 0 aromatic heterocycles. The van der Waals surface area contributed by atoms with Gasteiger partial charge in [0.05, 0.1) is 0 Å². The fraction of sp³-hybridized carbons (Fsp3) is 1.00. The average molecular weight is 154 g/mol. The van der Waals surface area contributed by atoms with E-state index in [4.69, 9.17) is 0 Å². The van der Waals surface area contributed by atoms with Gasteiger partial charge in [-0.05, 0) is 32.6 Å². The van der Waals surface area contributed by atoms with Crippen molar-refractivity contribution in [3.05, 3.63) is 0 Å². The highest BCUT2D eigenvalue weighted by atomic mass is 15.6. The number of piperidine rings is 1. The van der Waals surface area contributed by atoms with Crippen LogP contribution < -0.4 is 0 Å². The summed E-state index contributed by atoms with van der Waals surface area (Å²) in [5.74, 6) is 0.968. The lowest BCUT2D eigenvalue weighted by molar-refractivity contribution is -0.156. The molecule has 2 unspecified atom stereocenters. The summed E-state index contributed by atoms with van der Waals surface area (Å²) in [6.07, 6.45) is 2.82. The zero-order valence-corrected chi connectivity index (χ0v) is 7.75. The number of rotatable bonds is 0. The number of hydrazine groups is 1. The first-order valence-electron chi connectivity index (χ1n) is 4.68. The Morgan fingerprint density at radius 1 is 1.09 bits per heavy atom. The molecule has 3 fully saturated rings. The van der Waals surface area contributed by atoms with Crippen LogP contribution in [-0.4, -0.2) is 35.7 Å². The lowest BCUT2D eigenvalue weighted by Crippen LogP contribution is -2.61. The van der Waals surface area contributed by atoms with Gasteiger partial charge in [0.15, 0.2) is 0 Å². The molecule has 3 heterocycles. The van der Waals surface area contributed by atoms with Gasteiger partial charge in [-0.25, -0.2) is 10.0 Å². The first-order chi connectivity index (χ1) is 5.18. The topological polar surface area (TPSA) is 6.48 Å². The summed E-state index contributed by atoms with van der Waals surface area (Å²) >= 11 is 0. The largest absolute Gasteiger partial charge is 0.244 e. The molecule has 3 aliphatic heterocycles. The van der Waals surface area contributed by atoms with Gasteiger partial charge >= 0.3 is 0 Å². The van der Waals surface area contributed by atoms with Gasteiger partial charge in [0.2, 0.25) is 0 Å². The summed E-state index contributed by atoms with van der Waals surface area (Å²) in [6, 6.07) is 1.56. The van der Waals surface area contributed by atoms with E-state index in [0.717, 1.165) is 18.0 Å². The van der Waals surface area contributed by atoms with Crippen molar-refractivity contribution in [2.45, 2.75) is 38.8 Å². The zero-order chi connectivity index (χ0) is 8.01. The second-order valence-corrected chi connectivity index (χ2v) is 4.26. The molecule has 0 amide bonds. The monoisotopic (exact) mass is 154 g/mol. The van der Waals surface area contributed by atoms with Crippen molar-refractivity contribution in [2.24, 2.45) is 5.92 Å². The Bertz CT molecular complexity index is 129. The van der Waals surface area contributed by atoms with Crippen molar-refractivity contribution in [3.8, 4) is 0 Å². The van der Waals surface area contributed by atoms with E-state index in [1.165, 1.54) is 19.4 Å². The molecule has 11 heavy (non-hydrogen) atoms. The zero-order valence-electron chi connectivity index (χ0n) is 7.75. The highest BCUT2D eigenvalue weighted by Gasteiger charge is 2.38. The van der Waals surface area contributed by atoms with Crippen molar-refractivity contribution in [1.29, 1.82) is 0 Å². The fourth-order valence-corrected chi connectivity index (χ4v) is 3.00. The second-order valence-electron chi connectivity index (χ2n) is 4.26. The molecule has 2 heteroatoms. The Morgan fingerprint density at radius 2 is 1.64 bits per heavy atom. The first kappa shape index (κ1) is 7.56. The summed E-state index contributed by atoms with van der Waals surface area (Å²) in [7, 11) is 2.22. The highest BCUT2D eigenvalue weighted by Crippen LogP contribution is 2.34. The third-order valence-electron chi connectivity index (χ3n) is 3.17. The van der Waals surface area contributed by atoms with Crippen molar-refractivity contribution < 1.29 is 0 Å². The van der Waals surface area contributed by atoms with Crippen molar-refractivity contribution >= 4 is 0 Å². The molecule has 3 rings (SSSR count). The lowest BCUT2D eigenvalue weighted by atomic mass is 9.85. The average Bonchev–Trinajstić information content (AvgIpc) is 1.82. The molecule has 2 bridgehead atoms. The molecule has 0 spiro atoms. The number of nitrogens with zero attached hydrogens (tertiary/aromatic N) is 2. The van der Waals surface area contributed by atoms with Crippen LogP contribution in [0.15, 0.2) is 0 Å². The van der Waals surface area contributed by atoms with E-state index >= 15 is 0 Å². The molecule has 0 N–H and O–H groups in total. The van der Waals surface area contributed by atoms with E-state index in [1.54, 1.807) is 0 Å². The molecule has 64 valence electrons. The van der Waals surface area contributed by atoms with Gasteiger partial charge in [0.1, 0.15) is 0 Å². The molecule has 0 aliphatic carbocycles. The fourth-order valence-electron chi connectivity index (χ4n) is 3.00. The highest BCUT2D eigenvalue weighted by molar-refractivity contribution is 4.88. The molecule has 3 saturated heterocycles. The Kier molecular flexibility index (Phi) is 1.69. The van der Waals surface area contributed by atoms with E-state index in [2.05, 4.69) is 30.9 Å². The second kappa shape index (κ2) is 2.46. The van der Waals surface area contributed by atoms with Gasteiger partial charge < -0.3 is 0 Å². The SMILES string of the molecule is CC1CC2CC(C)N1N(C)C2. The summed E-state index contributed by atoms with van der Waals surface area (Å²) < 4.78 is 0. The van der Waals surface area contributed by atoms with Crippen LogP contribution in [0, 0.1) is 5.92 Å². The molecule has 0 radical (unpaired) electrons. The minimum atomic E-state index is 0.780. The summed E-state index contributed by atoms with van der Waals surface area (Å²) in [4.78, 5) is 0. The first-order valence-corrected chi connectivity index (χ1v) is 4.68. The van der Waals surface area contributed by atoms with Crippen LogP contribution in [0.3, 0.4) is 0 Å². The van der Waals surface area contributed by atoms with Gasteiger partial charge in [-0.2, -0.15) is 0 Å². The van der Waals surface area contributed by atoms with E-state index < -0.39 is 0 Å². The Morgan fingerprint density at radius 3 is 1.91 bits per heavy atom. The Labute approximate surface area is 69.1 Å². The molecule has 0 saturated carbocycles. The minimum Gasteiger partial charge on any atom is -0.244 e. The lowest BCUT2D eigenvalue weighted by Gasteiger charge is -2.53.